The van der Waals surface area contributed by atoms with Crippen LogP contribution >= 0.6 is 11.6 Å². The van der Waals surface area contributed by atoms with Gasteiger partial charge in [-0.15, -0.1) is 0 Å². The summed E-state index contributed by atoms with van der Waals surface area (Å²) in [6.07, 6.45) is 2.72. The van der Waals surface area contributed by atoms with Crippen molar-refractivity contribution in [2.75, 3.05) is 6.54 Å². The van der Waals surface area contributed by atoms with Gasteiger partial charge >= 0.3 is 6.03 Å². The van der Waals surface area contributed by atoms with Gasteiger partial charge in [0.05, 0.1) is 12.6 Å². The van der Waals surface area contributed by atoms with Crippen LogP contribution in [0.25, 0.3) is 0 Å². The fourth-order valence-electron chi connectivity index (χ4n) is 2.03. The molecule has 3 N–H and O–H groups in total. The Kier molecular flexibility index (Phi) is 5.80. The third-order valence-electron chi connectivity index (χ3n) is 3.09. The van der Waals surface area contributed by atoms with E-state index >= 15 is 0 Å². The Morgan fingerprint density at radius 1 is 1.45 bits per heavy atom. The van der Waals surface area contributed by atoms with Gasteiger partial charge < -0.3 is 15.7 Å². The van der Waals surface area contributed by atoms with Crippen molar-refractivity contribution in [1.29, 1.82) is 0 Å². The Hall–Kier alpha value is -2.05. The zero-order valence-electron chi connectivity index (χ0n) is 12.2. The minimum atomic E-state index is -0.800. The van der Waals surface area contributed by atoms with Gasteiger partial charge in [-0.05, 0) is 30.7 Å². The molecule has 0 bridgehead atoms. The maximum atomic E-state index is 11.8. The molecule has 1 heterocycles. The lowest BCUT2D eigenvalue weighted by atomic mass is 10.1. The van der Waals surface area contributed by atoms with Crippen molar-refractivity contribution in [2.24, 2.45) is 0 Å². The number of nitrogens with one attached hydrogen (secondary N) is 2. The van der Waals surface area contributed by atoms with E-state index in [0.717, 1.165) is 0 Å². The molecule has 0 aliphatic rings. The molecule has 7 heteroatoms. The second kappa shape index (κ2) is 7.82. The largest absolute Gasteiger partial charge is 0.387 e. The number of urea groups is 1. The molecule has 0 aliphatic carbocycles. The van der Waals surface area contributed by atoms with Gasteiger partial charge in [-0.2, -0.15) is 5.10 Å². The van der Waals surface area contributed by atoms with Crippen molar-refractivity contribution in [3.8, 4) is 0 Å². The second-order valence-corrected chi connectivity index (χ2v) is 5.49. The molecule has 0 saturated heterocycles. The first-order valence-corrected chi connectivity index (χ1v) is 7.37. The van der Waals surface area contributed by atoms with Crippen molar-refractivity contribution >= 4 is 17.6 Å². The van der Waals surface area contributed by atoms with E-state index in [1.54, 1.807) is 35.1 Å². The number of amides is 2. The number of hydrogen-bond donors (Lipinski definition) is 3. The van der Waals surface area contributed by atoms with E-state index in [1.165, 1.54) is 0 Å². The normalized spacial score (nSPS) is 13.4. The van der Waals surface area contributed by atoms with Crippen molar-refractivity contribution in [1.82, 2.24) is 20.4 Å². The summed E-state index contributed by atoms with van der Waals surface area (Å²) in [6, 6.07) is 8.34. The quantitative estimate of drug-likeness (QED) is 0.760. The summed E-state index contributed by atoms with van der Waals surface area (Å²) < 4.78 is 1.74. The van der Waals surface area contributed by atoms with Crippen LogP contribution in [0.4, 0.5) is 4.79 Å². The van der Waals surface area contributed by atoms with Gasteiger partial charge in [0.15, 0.2) is 0 Å². The lowest BCUT2D eigenvalue weighted by Crippen LogP contribution is -2.43. The Bertz CT molecular complexity index is 603. The van der Waals surface area contributed by atoms with Crippen LogP contribution in [0.5, 0.6) is 0 Å². The number of nitrogens with zero attached hydrogens (tertiary/aromatic N) is 2. The third kappa shape index (κ3) is 5.05. The van der Waals surface area contributed by atoms with Gasteiger partial charge in [0.25, 0.3) is 0 Å². The predicted molar refractivity (Wildman–Crippen MR) is 84.6 cm³/mol. The maximum absolute atomic E-state index is 11.8. The standard InChI is InChI=1S/C15H19ClN4O2/c1-11(10-20-7-3-6-18-20)19-15(22)17-9-14(21)12-4-2-5-13(16)8-12/h2-8,11,14,21H,9-10H2,1H3,(H2,17,19,22). The lowest BCUT2D eigenvalue weighted by Gasteiger charge is -2.16. The molecule has 0 saturated carbocycles. The smallest absolute Gasteiger partial charge is 0.315 e. The van der Waals surface area contributed by atoms with Crippen molar-refractivity contribution in [2.45, 2.75) is 25.6 Å². The first-order valence-electron chi connectivity index (χ1n) is 7.00. The topological polar surface area (TPSA) is 79.2 Å². The highest BCUT2D eigenvalue weighted by Crippen LogP contribution is 2.16. The second-order valence-electron chi connectivity index (χ2n) is 5.05. The summed E-state index contributed by atoms with van der Waals surface area (Å²) in [5.41, 5.74) is 0.664. The highest BCUT2D eigenvalue weighted by Gasteiger charge is 2.12. The maximum Gasteiger partial charge on any atom is 0.315 e. The minimum Gasteiger partial charge on any atom is -0.387 e. The Morgan fingerprint density at radius 2 is 2.27 bits per heavy atom. The fourth-order valence-corrected chi connectivity index (χ4v) is 2.23. The zero-order chi connectivity index (χ0) is 15.9. The minimum absolute atomic E-state index is 0.0804. The van der Waals surface area contributed by atoms with Crippen LogP contribution < -0.4 is 10.6 Å². The molecule has 2 rings (SSSR count). The number of carbonyl (C=O) groups is 1. The molecule has 0 spiro atoms. The number of hydrogen-bond acceptors (Lipinski definition) is 3. The van der Waals surface area contributed by atoms with E-state index < -0.39 is 6.10 Å². The molecular formula is C15H19ClN4O2. The number of carbonyl (C=O) groups excluding carboxylic acids is 1. The fraction of sp³-hybridized carbons (Fsp3) is 0.333. The third-order valence-corrected chi connectivity index (χ3v) is 3.32. The van der Waals surface area contributed by atoms with Crippen LogP contribution in [0.15, 0.2) is 42.7 Å². The van der Waals surface area contributed by atoms with Gasteiger partial charge in [-0.25, -0.2) is 4.79 Å². The van der Waals surface area contributed by atoms with Gasteiger partial charge in [-0.3, -0.25) is 4.68 Å². The van der Waals surface area contributed by atoms with E-state index in [9.17, 15) is 9.90 Å². The lowest BCUT2D eigenvalue weighted by molar-refractivity contribution is 0.172. The summed E-state index contributed by atoms with van der Waals surface area (Å²) in [4.78, 5) is 11.8. The van der Waals surface area contributed by atoms with Crippen LogP contribution in [0, 0.1) is 0 Å². The number of halogens is 1. The summed E-state index contributed by atoms with van der Waals surface area (Å²) in [7, 11) is 0. The predicted octanol–water partition coefficient (Wildman–Crippen LogP) is 1.96. The van der Waals surface area contributed by atoms with Crippen LogP contribution in [0.1, 0.15) is 18.6 Å². The van der Waals surface area contributed by atoms with Crippen molar-refractivity contribution in [3.63, 3.8) is 0 Å². The SMILES string of the molecule is CC(Cn1cccn1)NC(=O)NCC(O)c1cccc(Cl)c1. The van der Waals surface area contributed by atoms with E-state index in [0.29, 0.717) is 17.1 Å². The molecule has 1 aromatic carbocycles. The summed E-state index contributed by atoms with van der Waals surface area (Å²) >= 11 is 5.87. The van der Waals surface area contributed by atoms with Crippen LogP contribution in [-0.4, -0.2) is 33.5 Å². The van der Waals surface area contributed by atoms with E-state index in [1.807, 2.05) is 19.2 Å². The highest BCUT2D eigenvalue weighted by atomic mass is 35.5. The monoisotopic (exact) mass is 322 g/mol. The average molecular weight is 323 g/mol. The Balaban J connectivity index is 1.75. The van der Waals surface area contributed by atoms with Gasteiger partial charge in [-0.1, -0.05) is 23.7 Å². The van der Waals surface area contributed by atoms with E-state index in [-0.39, 0.29) is 18.6 Å². The first-order chi connectivity index (χ1) is 10.5. The number of rotatable bonds is 6. The van der Waals surface area contributed by atoms with Gasteiger partial charge in [0.2, 0.25) is 0 Å². The number of aromatic nitrogens is 2. The van der Waals surface area contributed by atoms with Crippen LogP contribution in [0.3, 0.4) is 0 Å². The van der Waals surface area contributed by atoms with Gasteiger partial charge in [0.1, 0.15) is 0 Å². The average Bonchev–Trinajstić information content (AvgIpc) is 2.97. The molecule has 6 nitrogen and oxygen atoms in total. The zero-order valence-corrected chi connectivity index (χ0v) is 13.0. The molecule has 2 atom stereocenters. The van der Waals surface area contributed by atoms with Crippen molar-refractivity contribution in [3.05, 3.63) is 53.3 Å². The highest BCUT2D eigenvalue weighted by molar-refractivity contribution is 6.30. The molecular weight excluding hydrogens is 304 g/mol. The number of benzene rings is 1. The van der Waals surface area contributed by atoms with Crippen LogP contribution in [-0.2, 0) is 6.54 Å². The Morgan fingerprint density at radius 3 is 2.95 bits per heavy atom. The van der Waals surface area contributed by atoms with Crippen molar-refractivity contribution < 1.29 is 9.90 Å². The van der Waals surface area contributed by atoms with Gasteiger partial charge in [0, 0.05) is 30.0 Å². The van der Waals surface area contributed by atoms with Crippen LogP contribution in [0.2, 0.25) is 5.02 Å². The van der Waals surface area contributed by atoms with E-state index in [4.69, 9.17) is 11.6 Å². The molecule has 22 heavy (non-hydrogen) atoms. The Labute approximate surface area is 134 Å². The summed E-state index contributed by atoms with van der Waals surface area (Å²) in [6.45, 7) is 2.58. The number of aliphatic hydroxyl groups is 1. The summed E-state index contributed by atoms with van der Waals surface area (Å²) in [5, 5.41) is 20.1. The first kappa shape index (κ1) is 16.3. The molecule has 1 aromatic heterocycles. The molecule has 118 valence electrons. The molecule has 2 aromatic rings. The summed E-state index contributed by atoms with van der Waals surface area (Å²) in [5.74, 6) is 0. The van der Waals surface area contributed by atoms with E-state index in [2.05, 4.69) is 15.7 Å². The number of aliphatic hydroxyl groups excluding tert-OH is 1. The molecule has 0 aliphatic heterocycles. The molecule has 0 fully saturated rings. The molecule has 2 unspecified atom stereocenters. The molecule has 2 amide bonds. The molecule has 0 radical (unpaired) electrons.